The quantitative estimate of drug-likeness (QED) is 0.772. The van der Waals surface area contributed by atoms with E-state index >= 15 is 0 Å². The first-order chi connectivity index (χ1) is 7.90. The van der Waals surface area contributed by atoms with Gasteiger partial charge in [0.1, 0.15) is 0 Å². The summed E-state index contributed by atoms with van der Waals surface area (Å²) in [5, 5.41) is 0. The molecule has 1 heterocycles. The van der Waals surface area contributed by atoms with Gasteiger partial charge in [-0.25, -0.2) is 0 Å². The minimum Gasteiger partial charge on any atom is -0.371 e. The Bertz CT molecular complexity index is 299. The summed E-state index contributed by atoms with van der Waals surface area (Å²) in [4.78, 5) is 2.52. The predicted molar refractivity (Wildman–Crippen MR) is 66.5 cm³/mol. The van der Waals surface area contributed by atoms with Gasteiger partial charge in [0.2, 0.25) is 0 Å². The summed E-state index contributed by atoms with van der Waals surface area (Å²) in [6.07, 6.45) is 2.83. The van der Waals surface area contributed by atoms with Crippen LogP contribution in [0.1, 0.15) is 31.4 Å². The molecule has 88 valence electrons. The largest absolute Gasteiger partial charge is 0.371 e. The molecular formula is C14H21NO. The molecule has 0 amide bonds. The fourth-order valence-corrected chi connectivity index (χ4v) is 2.16. The SMILES string of the molecule is CCCCN1CCOC(c2ccccc2)C1. The third kappa shape index (κ3) is 3.06. The lowest BCUT2D eigenvalue weighted by atomic mass is 10.1. The third-order valence-corrected chi connectivity index (χ3v) is 3.15. The third-order valence-electron chi connectivity index (χ3n) is 3.15. The molecule has 1 unspecified atom stereocenters. The lowest BCUT2D eigenvalue weighted by Crippen LogP contribution is -2.38. The summed E-state index contributed by atoms with van der Waals surface area (Å²) >= 11 is 0. The zero-order valence-electron chi connectivity index (χ0n) is 10.1. The van der Waals surface area contributed by atoms with Crippen LogP contribution in [0.25, 0.3) is 0 Å². The van der Waals surface area contributed by atoms with Crippen LogP contribution in [0.15, 0.2) is 30.3 Å². The molecular weight excluding hydrogens is 198 g/mol. The van der Waals surface area contributed by atoms with Gasteiger partial charge in [-0.05, 0) is 18.5 Å². The monoisotopic (exact) mass is 219 g/mol. The summed E-state index contributed by atoms with van der Waals surface area (Å²) < 4.78 is 5.83. The maximum Gasteiger partial charge on any atom is 0.0952 e. The van der Waals surface area contributed by atoms with Crippen molar-refractivity contribution in [1.29, 1.82) is 0 Å². The van der Waals surface area contributed by atoms with Crippen molar-refractivity contribution >= 4 is 0 Å². The van der Waals surface area contributed by atoms with E-state index in [1.807, 2.05) is 0 Å². The van der Waals surface area contributed by atoms with Crippen LogP contribution in [0.2, 0.25) is 0 Å². The molecule has 0 bridgehead atoms. The Hall–Kier alpha value is -0.860. The first kappa shape index (κ1) is 11.6. The van der Waals surface area contributed by atoms with Crippen LogP contribution in [0.4, 0.5) is 0 Å². The minimum absolute atomic E-state index is 0.270. The molecule has 0 saturated carbocycles. The second-order valence-electron chi connectivity index (χ2n) is 4.42. The van der Waals surface area contributed by atoms with Crippen molar-refractivity contribution in [3.05, 3.63) is 35.9 Å². The van der Waals surface area contributed by atoms with Gasteiger partial charge in [0, 0.05) is 13.1 Å². The zero-order valence-corrected chi connectivity index (χ0v) is 10.1. The predicted octanol–water partition coefficient (Wildman–Crippen LogP) is 2.86. The van der Waals surface area contributed by atoms with Gasteiger partial charge >= 0.3 is 0 Å². The fourth-order valence-electron chi connectivity index (χ4n) is 2.16. The Morgan fingerprint density at radius 1 is 1.31 bits per heavy atom. The van der Waals surface area contributed by atoms with Gasteiger partial charge in [0.15, 0.2) is 0 Å². The Labute approximate surface area is 98.2 Å². The van der Waals surface area contributed by atoms with E-state index in [0.717, 1.165) is 19.7 Å². The number of ether oxygens (including phenoxy) is 1. The Morgan fingerprint density at radius 2 is 2.12 bits per heavy atom. The molecule has 0 aromatic heterocycles. The highest BCUT2D eigenvalue weighted by molar-refractivity contribution is 5.18. The molecule has 0 N–H and O–H groups in total. The molecule has 1 aromatic carbocycles. The van der Waals surface area contributed by atoms with Gasteiger partial charge in [-0.2, -0.15) is 0 Å². The van der Waals surface area contributed by atoms with Crippen molar-refractivity contribution in [2.45, 2.75) is 25.9 Å². The number of morpholine rings is 1. The molecule has 0 radical (unpaired) electrons. The summed E-state index contributed by atoms with van der Waals surface area (Å²) in [6, 6.07) is 10.6. The number of hydrogen-bond donors (Lipinski definition) is 0. The van der Waals surface area contributed by atoms with Crippen LogP contribution in [0, 0.1) is 0 Å². The molecule has 1 fully saturated rings. The first-order valence-corrected chi connectivity index (χ1v) is 6.29. The smallest absolute Gasteiger partial charge is 0.0952 e. The molecule has 2 rings (SSSR count). The highest BCUT2D eigenvalue weighted by Gasteiger charge is 2.20. The Kier molecular flexibility index (Phi) is 4.37. The molecule has 2 heteroatoms. The lowest BCUT2D eigenvalue weighted by molar-refractivity contribution is -0.0302. The Balaban J connectivity index is 1.91. The topological polar surface area (TPSA) is 12.5 Å². The van der Waals surface area contributed by atoms with Gasteiger partial charge in [-0.15, -0.1) is 0 Å². The van der Waals surface area contributed by atoms with Crippen molar-refractivity contribution < 1.29 is 4.74 Å². The summed E-state index contributed by atoms with van der Waals surface area (Å²) in [6.45, 7) is 6.45. The summed E-state index contributed by atoms with van der Waals surface area (Å²) in [5.41, 5.74) is 1.31. The molecule has 0 spiro atoms. The summed E-state index contributed by atoms with van der Waals surface area (Å²) in [5.74, 6) is 0. The molecule has 0 aliphatic carbocycles. The number of nitrogens with zero attached hydrogens (tertiary/aromatic N) is 1. The highest BCUT2D eigenvalue weighted by Crippen LogP contribution is 2.21. The first-order valence-electron chi connectivity index (χ1n) is 6.29. The average molecular weight is 219 g/mol. The van der Waals surface area contributed by atoms with Gasteiger partial charge < -0.3 is 4.74 Å². The lowest BCUT2D eigenvalue weighted by Gasteiger charge is -2.33. The molecule has 16 heavy (non-hydrogen) atoms. The second-order valence-corrected chi connectivity index (χ2v) is 4.42. The van der Waals surface area contributed by atoms with Crippen molar-refractivity contribution in [2.24, 2.45) is 0 Å². The van der Waals surface area contributed by atoms with Crippen LogP contribution < -0.4 is 0 Å². The van der Waals surface area contributed by atoms with Crippen LogP contribution in [-0.2, 0) is 4.74 Å². The van der Waals surface area contributed by atoms with E-state index in [-0.39, 0.29) is 6.10 Å². The fraction of sp³-hybridized carbons (Fsp3) is 0.571. The van der Waals surface area contributed by atoms with E-state index in [1.54, 1.807) is 0 Å². The number of hydrogen-bond acceptors (Lipinski definition) is 2. The number of rotatable bonds is 4. The molecule has 2 nitrogen and oxygen atoms in total. The number of unbranched alkanes of at least 4 members (excludes halogenated alkanes) is 1. The van der Waals surface area contributed by atoms with Crippen LogP contribution in [0.5, 0.6) is 0 Å². The van der Waals surface area contributed by atoms with E-state index in [1.165, 1.54) is 24.9 Å². The van der Waals surface area contributed by atoms with Crippen molar-refractivity contribution in [2.75, 3.05) is 26.2 Å². The zero-order chi connectivity index (χ0) is 11.2. The standard InChI is InChI=1S/C14H21NO/c1-2-3-9-15-10-11-16-14(12-15)13-7-5-4-6-8-13/h4-8,14H,2-3,9-12H2,1H3. The van der Waals surface area contributed by atoms with E-state index in [4.69, 9.17) is 4.74 Å². The van der Waals surface area contributed by atoms with Crippen LogP contribution in [0.3, 0.4) is 0 Å². The maximum absolute atomic E-state index is 5.83. The second kappa shape index (κ2) is 6.02. The van der Waals surface area contributed by atoms with Crippen molar-refractivity contribution in [3.63, 3.8) is 0 Å². The van der Waals surface area contributed by atoms with Crippen molar-refractivity contribution in [1.82, 2.24) is 4.90 Å². The highest BCUT2D eigenvalue weighted by atomic mass is 16.5. The molecule has 1 aliphatic heterocycles. The van der Waals surface area contributed by atoms with E-state index in [9.17, 15) is 0 Å². The maximum atomic E-state index is 5.83. The summed E-state index contributed by atoms with van der Waals surface area (Å²) in [7, 11) is 0. The number of benzene rings is 1. The van der Waals surface area contributed by atoms with E-state index in [2.05, 4.69) is 42.2 Å². The van der Waals surface area contributed by atoms with Gasteiger partial charge in [-0.1, -0.05) is 43.7 Å². The molecule has 1 saturated heterocycles. The van der Waals surface area contributed by atoms with Crippen molar-refractivity contribution in [3.8, 4) is 0 Å². The van der Waals surface area contributed by atoms with Gasteiger partial charge in [0.25, 0.3) is 0 Å². The van der Waals surface area contributed by atoms with E-state index in [0.29, 0.717) is 0 Å². The normalized spacial score (nSPS) is 22.2. The Morgan fingerprint density at radius 3 is 2.88 bits per heavy atom. The van der Waals surface area contributed by atoms with E-state index < -0.39 is 0 Å². The van der Waals surface area contributed by atoms with Gasteiger partial charge in [-0.3, -0.25) is 4.90 Å². The molecule has 1 aromatic rings. The van der Waals surface area contributed by atoms with Gasteiger partial charge in [0.05, 0.1) is 12.7 Å². The average Bonchev–Trinajstić information content (AvgIpc) is 2.38. The van der Waals surface area contributed by atoms with Crippen LogP contribution >= 0.6 is 0 Å². The molecule has 1 aliphatic rings. The minimum atomic E-state index is 0.270. The van der Waals surface area contributed by atoms with Crippen LogP contribution in [-0.4, -0.2) is 31.1 Å². The molecule has 1 atom stereocenters.